The number of ether oxygens (including phenoxy) is 3. The summed E-state index contributed by atoms with van der Waals surface area (Å²) in [5.41, 5.74) is 0. The highest BCUT2D eigenvalue weighted by Crippen LogP contribution is 2.16. The Labute approximate surface area is 105 Å². The largest absolute Gasteiger partial charge is 0.379 e. The molecule has 0 aromatic rings. The highest BCUT2D eigenvalue weighted by Gasteiger charge is 2.27. The van der Waals surface area contributed by atoms with E-state index in [4.69, 9.17) is 14.2 Å². The Balaban J connectivity index is 1.94. The molecular weight excluding hydrogens is 218 g/mol. The third-order valence-corrected chi connectivity index (χ3v) is 2.72. The zero-order valence-corrected chi connectivity index (χ0v) is 11.6. The van der Waals surface area contributed by atoms with Crippen LogP contribution in [0.2, 0.25) is 0 Å². The van der Waals surface area contributed by atoms with E-state index in [1.54, 1.807) is 0 Å². The van der Waals surface area contributed by atoms with E-state index in [9.17, 15) is 0 Å². The quantitative estimate of drug-likeness (QED) is 0.696. The lowest BCUT2D eigenvalue weighted by Crippen LogP contribution is -2.48. The standard InChI is InChI=1S/C13H27NO3/c1-11(2)15-8-6-5-7-14-12-9-16-13(3,4)17-10-12/h11-12,14H,5-10H2,1-4H3. The van der Waals surface area contributed by atoms with E-state index in [1.165, 1.54) is 0 Å². The molecule has 0 saturated carbocycles. The zero-order valence-electron chi connectivity index (χ0n) is 11.6. The molecule has 102 valence electrons. The summed E-state index contributed by atoms with van der Waals surface area (Å²) >= 11 is 0. The van der Waals surface area contributed by atoms with Crippen LogP contribution in [0, 0.1) is 0 Å². The highest BCUT2D eigenvalue weighted by molar-refractivity contribution is 4.72. The molecule has 1 saturated heterocycles. The van der Waals surface area contributed by atoms with Crippen molar-refractivity contribution in [3.8, 4) is 0 Å². The minimum absolute atomic E-state index is 0.328. The second kappa shape index (κ2) is 7.31. The van der Waals surface area contributed by atoms with Gasteiger partial charge < -0.3 is 19.5 Å². The first kappa shape index (κ1) is 14.9. The van der Waals surface area contributed by atoms with E-state index in [-0.39, 0.29) is 0 Å². The van der Waals surface area contributed by atoms with Gasteiger partial charge in [-0.15, -0.1) is 0 Å². The van der Waals surface area contributed by atoms with Gasteiger partial charge >= 0.3 is 0 Å². The summed E-state index contributed by atoms with van der Waals surface area (Å²) in [5, 5.41) is 3.44. The van der Waals surface area contributed by atoms with Crippen molar-refractivity contribution >= 4 is 0 Å². The lowest BCUT2D eigenvalue weighted by molar-refractivity contribution is -0.252. The SMILES string of the molecule is CC(C)OCCCCNC1COC(C)(C)OC1. The zero-order chi connectivity index (χ0) is 12.7. The Kier molecular flexibility index (Phi) is 6.41. The molecule has 0 bridgehead atoms. The molecule has 1 rings (SSSR count). The van der Waals surface area contributed by atoms with Gasteiger partial charge in [0.05, 0.1) is 25.4 Å². The van der Waals surface area contributed by atoms with Gasteiger partial charge in [0.2, 0.25) is 0 Å². The minimum atomic E-state index is -0.413. The molecule has 0 aromatic carbocycles. The van der Waals surface area contributed by atoms with E-state index in [0.29, 0.717) is 12.1 Å². The van der Waals surface area contributed by atoms with Crippen LogP contribution in [0.4, 0.5) is 0 Å². The molecule has 0 atom stereocenters. The second-order valence-corrected chi connectivity index (χ2v) is 5.30. The minimum Gasteiger partial charge on any atom is -0.379 e. The normalized spacial score (nSPS) is 21.0. The molecule has 4 nitrogen and oxygen atoms in total. The lowest BCUT2D eigenvalue weighted by Gasteiger charge is -2.35. The van der Waals surface area contributed by atoms with Crippen molar-refractivity contribution in [1.82, 2.24) is 5.32 Å². The highest BCUT2D eigenvalue weighted by atomic mass is 16.7. The number of nitrogens with one attached hydrogen (secondary N) is 1. The Hall–Kier alpha value is -0.160. The second-order valence-electron chi connectivity index (χ2n) is 5.30. The first-order valence-electron chi connectivity index (χ1n) is 6.62. The van der Waals surface area contributed by atoms with Crippen LogP contribution in [-0.4, -0.2) is 44.3 Å². The maximum Gasteiger partial charge on any atom is 0.162 e. The van der Waals surface area contributed by atoms with Crippen molar-refractivity contribution in [2.75, 3.05) is 26.4 Å². The molecule has 0 amide bonds. The Morgan fingerprint density at radius 1 is 1.24 bits per heavy atom. The maximum absolute atomic E-state index is 5.58. The van der Waals surface area contributed by atoms with Gasteiger partial charge in [0.25, 0.3) is 0 Å². The van der Waals surface area contributed by atoms with E-state index in [1.807, 2.05) is 13.8 Å². The molecule has 1 aliphatic rings. The molecule has 1 heterocycles. The number of unbranched alkanes of at least 4 members (excludes halogenated alkanes) is 1. The van der Waals surface area contributed by atoms with E-state index < -0.39 is 5.79 Å². The molecule has 0 aromatic heterocycles. The first-order valence-corrected chi connectivity index (χ1v) is 6.62. The Morgan fingerprint density at radius 3 is 2.47 bits per heavy atom. The monoisotopic (exact) mass is 245 g/mol. The van der Waals surface area contributed by atoms with Crippen LogP contribution in [-0.2, 0) is 14.2 Å². The average Bonchev–Trinajstić information content (AvgIpc) is 2.25. The molecule has 1 fully saturated rings. The Bertz CT molecular complexity index is 197. The van der Waals surface area contributed by atoms with Gasteiger partial charge in [-0.3, -0.25) is 0 Å². The van der Waals surface area contributed by atoms with Crippen LogP contribution in [0.15, 0.2) is 0 Å². The average molecular weight is 245 g/mol. The van der Waals surface area contributed by atoms with Crippen LogP contribution < -0.4 is 5.32 Å². The lowest BCUT2D eigenvalue weighted by atomic mass is 10.2. The van der Waals surface area contributed by atoms with E-state index in [0.717, 1.165) is 39.2 Å². The van der Waals surface area contributed by atoms with Crippen molar-refractivity contribution in [2.45, 2.75) is 58.5 Å². The molecule has 0 unspecified atom stereocenters. The summed E-state index contributed by atoms with van der Waals surface area (Å²) in [5.74, 6) is -0.413. The van der Waals surface area contributed by atoms with Gasteiger partial charge in [-0.2, -0.15) is 0 Å². The number of hydrogen-bond donors (Lipinski definition) is 1. The molecule has 1 N–H and O–H groups in total. The number of rotatable bonds is 7. The molecule has 1 aliphatic heterocycles. The summed E-state index contributed by atoms with van der Waals surface area (Å²) in [7, 11) is 0. The van der Waals surface area contributed by atoms with E-state index >= 15 is 0 Å². The summed E-state index contributed by atoms with van der Waals surface area (Å²) in [4.78, 5) is 0. The van der Waals surface area contributed by atoms with Crippen molar-refractivity contribution in [3.63, 3.8) is 0 Å². The predicted molar refractivity (Wildman–Crippen MR) is 68.1 cm³/mol. The van der Waals surface area contributed by atoms with Gasteiger partial charge in [0.1, 0.15) is 0 Å². The van der Waals surface area contributed by atoms with Gasteiger partial charge in [-0.25, -0.2) is 0 Å². The third-order valence-electron chi connectivity index (χ3n) is 2.72. The fraction of sp³-hybridized carbons (Fsp3) is 1.00. The summed E-state index contributed by atoms with van der Waals surface area (Å²) in [6, 6.07) is 0.328. The smallest absolute Gasteiger partial charge is 0.162 e. The summed E-state index contributed by atoms with van der Waals surface area (Å²) < 4.78 is 16.6. The molecule has 0 spiro atoms. The van der Waals surface area contributed by atoms with Gasteiger partial charge in [-0.05, 0) is 47.1 Å². The number of hydrogen-bond acceptors (Lipinski definition) is 4. The Morgan fingerprint density at radius 2 is 1.88 bits per heavy atom. The molecule has 17 heavy (non-hydrogen) atoms. The van der Waals surface area contributed by atoms with Crippen LogP contribution in [0.25, 0.3) is 0 Å². The summed E-state index contributed by atoms with van der Waals surface area (Å²) in [6.45, 7) is 11.3. The topological polar surface area (TPSA) is 39.7 Å². The van der Waals surface area contributed by atoms with Gasteiger partial charge in [0.15, 0.2) is 5.79 Å². The fourth-order valence-corrected chi connectivity index (χ4v) is 1.66. The third kappa shape index (κ3) is 6.99. The maximum atomic E-state index is 5.58. The molecular formula is C13H27NO3. The van der Waals surface area contributed by atoms with Crippen LogP contribution in [0.5, 0.6) is 0 Å². The molecule has 0 aliphatic carbocycles. The first-order chi connectivity index (χ1) is 7.99. The van der Waals surface area contributed by atoms with Crippen molar-refractivity contribution < 1.29 is 14.2 Å². The fourth-order valence-electron chi connectivity index (χ4n) is 1.66. The van der Waals surface area contributed by atoms with Crippen LogP contribution in [0.1, 0.15) is 40.5 Å². The van der Waals surface area contributed by atoms with E-state index in [2.05, 4.69) is 19.2 Å². The predicted octanol–water partition coefficient (Wildman–Crippen LogP) is 1.93. The van der Waals surface area contributed by atoms with Gasteiger partial charge in [-0.1, -0.05) is 0 Å². The van der Waals surface area contributed by atoms with Crippen LogP contribution in [0.3, 0.4) is 0 Å². The van der Waals surface area contributed by atoms with Crippen molar-refractivity contribution in [2.24, 2.45) is 0 Å². The summed E-state index contributed by atoms with van der Waals surface area (Å²) in [6.07, 6.45) is 2.57. The van der Waals surface area contributed by atoms with Crippen LogP contribution >= 0.6 is 0 Å². The van der Waals surface area contributed by atoms with Crippen molar-refractivity contribution in [3.05, 3.63) is 0 Å². The van der Waals surface area contributed by atoms with Gasteiger partial charge in [0, 0.05) is 6.61 Å². The molecule has 0 radical (unpaired) electrons. The molecule has 4 heteroatoms. The van der Waals surface area contributed by atoms with Crippen molar-refractivity contribution in [1.29, 1.82) is 0 Å².